The molecule has 0 fully saturated rings. The minimum absolute atomic E-state index is 0.0136. The summed E-state index contributed by atoms with van der Waals surface area (Å²) in [5, 5.41) is 3.04. The van der Waals surface area contributed by atoms with Crippen LogP contribution in [0.4, 0.5) is 5.69 Å². The van der Waals surface area contributed by atoms with Crippen LogP contribution in [0.25, 0.3) is 6.08 Å². The van der Waals surface area contributed by atoms with Crippen molar-refractivity contribution in [3.8, 4) is 0 Å². The van der Waals surface area contributed by atoms with Crippen molar-refractivity contribution in [2.24, 2.45) is 0 Å². The Hall–Kier alpha value is -2.72. The molecule has 0 aromatic heterocycles. The molecule has 3 rings (SSSR count). The van der Waals surface area contributed by atoms with Gasteiger partial charge in [-0.1, -0.05) is 51.1 Å². The van der Waals surface area contributed by atoms with E-state index >= 15 is 0 Å². The summed E-state index contributed by atoms with van der Waals surface area (Å²) in [6.45, 7) is 10.1. The summed E-state index contributed by atoms with van der Waals surface area (Å²) in [7, 11) is 2.14. The van der Waals surface area contributed by atoms with Gasteiger partial charge in [-0.15, -0.1) is 0 Å². The van der Waals surface area contributed by atoms with E-state index in [0.717, 1.165) is 30.8 Å². The molecule has 1 N–H and O–H groups in total. The third-order valence-electron chi connectivity index (χ3n) is 5.62. The van der Waals surface area contributed by atoms with Gasteiger partial charge in [-0.2, -0.15) is 0 Å². The largest absolute Gasteiger partial charge is 0.322 e. The van der Waals surface area contributed by atoms with Crippen LogP contribution in [0, 0.1) is 0 Å². The summed E-state index contributed by atoms with van der Waals surface area (Å²) >= 11 is 0. The molecule has 0 atom stereocenters. The zero-order valence-electron chi connectivity index (χ0n) is 18.0. The first-order valence-corrected chi connectivity index (χ1v) is 10.2. The van der Waals surface area contributed by atoms with E-state index in [9.17, 15) is 9.59 Å². The Morgan fingerprint density at radius 3 is 2.59 bits per heavy atom. The molecule has 2 aromatic carbocycles. The zero-order chi connectivity index (χ0) is 21.2. The number of hydrogen-bond acceptors (Lipinski definition) is 3. The molecule has 4 nitrogen and oxygen atoms in total. The lowest BCUT2D eigenvalue weighted by atomic mass is 9.76. The zero-order valence-corrected chi connectivity index (χ0v) is 18.0. The molecule has 1 heterocycles. The molecule has 29 heavy (non-hydrogen) atoms. The number of hydrogen-bond donors (Lipinski definition) is 1. The van der Waals surface area contributed by atoms with Gasteiger partial charge in [-0.3, -0.25) is 9.59 Å². The highest BCUT2D eigenvalue weighted by molar-refractivity contribution is 6.04. The Bertz CT molecular complexity index is 973. The number of likely N-dealkylation sites (N-methyl/N-ethyl adjacent to an activating group) is 1. The van der Waals surface area contributed by atoms with E-state index in [-0.39, 0.29) is 17.1 Å². The van der Waals surface area contributed by atoms with Crippen molar-refractivity contribution in [2.45, 2.75) is 46.1 Å². The summed E-state index contributed by atoms with van der Waals surface area (Å²) in [5.41, 5.74) is 6.22. The summed E-state index contributed by atoms with van der Waals surface area (Å²) in [4.78, 5) is 26.7. The monoisotopic (exact) mass is 390 g/mol. The van der Waals surface area contributed by atoms with Gasteiger partial charge in [0.25, 0.3) is 0 Å². The molecule has 0 saturated carbocycles. The van der Waals surface area contributed by atoms with E-state index in [1.54, 1.807) is 12.1 Å². The van der Waals surface area contributed by atoms with Crippen LogP contribution in [0.15, 0.2) is 42.5 Å². The summed E-state index contributed by atoms with van der Waals surface area (Å²) in [5.74, 6) is -0.207. The second-order valence-corrected chi connectivity index (χ2v) is 8.49. The van der Waals surface area contributed by atoms with Crippen LogP contribution in [0.3, 0.4) is 0 Å². The second kappa shape index (κ2) is 8.34. The Kier molecular flexibility index (Phi) is 6.04. The van der Waals surface area contributed by atoms with Crippen molar-refractivity contribution in [2.75, 3.05) is 18.9 Å². The lowest BCUT2D eigenvalue weighted by Crippen LogP contribution is -2.40. The van der Waals surface area contributed by atoms with Gasteiger partial charge in [0.1, 0.15) is 0 Å². The van der Waals surface area contributed by atoms with Gasteiger partial charge in [0.2, 0.25) is 5.91 Å². The van der Waals surface area contributed by atoms with Crippen LogP contribution >= 0.6 is 0 Å². The maximum absolute atomic E-state index is 12.6. The first kappa shape index (κ1) is 21.0. The first-order valence-electron chi connectivity index (χ1n) is 10.2. The fourth-order valence-corrected chi connectivity index (χ4v) is 4.42. The number of anilines is 1. The van der Waals surface area contributed by atoms with Crippen molar-refractivity contribution >= 4 is 23.5 Å². The van der Waals surface area contributed by atoms with Crippen molar-refractivity contribution < 1.29 is 9.59 Å². The number of carbonyl (C=O) groups excluding carboxylic acids is 2. The molecule has 2 aromatic rings. The van der Waals surface area contributed by atoms with Gasteiger partial charge >= 0.3 is 0 Å². The molecule has 4 heteroatoms. The number of nitrogens with one attached hydrogen (secondary N) is 1. The maximum atomic E-state index is 12.6. The number of fused-ring (bicyclic) bond motifs is 1. The molecule has 0 bridgehead atoms. The van der Waals surface area contributed by atoms with E-state index in [1.807, 2.05) is 24.3 Å². The molecular weight excluding hydrogens is 360 g/mol. The summed E-state index contributed by atoms with van der Waals surface area (Å²) in [6, 6.07) is 11.5. The van der Waals surface area contributed by atoms with E-state index in [1.165, 1.54) is 29.7 Å². The van der Waals surface area contributed by atoms with E-state index < -0.39 is 0 Å². The molecule has 0 spiro atoms. The lowest BCUT2D eigenvalue weighted by molar-refractivity contribution is -0.111. The van der Waals surface area contributed by atoms with Crippen molar-refractivity contribution in [3.05, 3.63) is 70.3 Å². The van der Waals surface area contributed by atoms with Gasteiger partial charge < -0.3 is 10.2 Å². The van der Waals surface area contributed by atoms with Crippen LogP contribution in [0.2, 0.25) is 0 Å². The maximum Gasteiger partial charge on any atom is 0.248 e. The minimum atomic E-state index is -0.193. The highest BCUT2D eigenvalue weighted by atomic mass is 16.1. The van der Waals surface area contributed by atoms with Crippen LogP contribution in [-0.4, -0.2) is 30.2 Å². The standard InChI is InChI=1S/C25H30N2O2/c1-6-19-21-15-27(5)16-25(3,4)22(21)12-13-23(19)26-24(29)14-11-18-9-7-8-10-20(18)17(2)28/h7-14H,6,15-16H2,1-5H3,(H,26,29). The van der Waals surface area contributed by atoms with Crippen LogP contribution in [0.1, 0.15) is 60.3 Å². The van der Waals surface area contributed by atoms with Crippen LogP contribution in [0.5, 0.6) is 0 Å². The fraction of sp³-hybridized carbons (Fsp3) is 0.360. The molecule has 1 aliphatic rings. The van der Waals surface area contributed by atoms with Gasteiger partial charge in [-0.25, -0.2) is 0 Å². The third kappa shape index (κ3) is 4.48. The third-order valence-corrected chi connectivity index (χ3v) is 5.62. The Morgan fingerprint density at radius 1 is 1.17 bits per heavy atom. The van der Waals surface area contributed by atoms with E-state index in [4.69, 9.17) is 0 Å². The Balaban J connectivity index is 1.87. The molecule has 0 aliphatic carbocycles. The normalized spacial score (nSPS) is 15.9. The number of benzene rings is 2. The number of ketones is 1. The van der Waals surface area contributed by atoms with Gasteiger partial charge in [0.15, 0.2) is 5.78 Å². The average Bonchev–Trinajstić information content (AvgIpc) is 2.65. The van der Waals surface area contributed by atoms with Gasteiger partial charge in [0, 0.05) is 35.8 Å². The number of amides is 1. The predicted molar refractivity (Wildman–Crippen MR) is 119 cm³/mol. The highest BCUT2D eigenvalue weighted by Gasteiger charge is 2.32. The molecule has 152 valence electrons. The molecule has 1 aliphatic heterocycles. The quantitative estimate of drug-likeness (QED) is 0.588. The topological polar surface area (TPSA) is 49.4 Å². The van der Waals surface area contributed by atoms with Crippen LogP contribution < -0.4 is 5.32 Å². The summed E-state index contributed by atoms with van der Waals surface area (Å²) in [6.07, 6.45) is 4.06. The Morgan fingerprint density at radius 2 is 1.90 bits per heavy atom. The summed E-state index contributed by atoms with van der Waals surface area (Å²) < 4.78 is 0. The van der Waals surface area contributed by atoms with Crippen molar-refractivity contribution in [3.63, 3.8) is 0 Å². The smallest absolute Gasteiger partial charge is 0.248 e. The van der Waals surface area contributed by atoms with Crippen LogP contribution in [-0.2, 0) is 23.2 Å². The minimum Gasteiger partial charge on any atom is -0.322 e. The van der Waals surface area contributed by atoms with Crippen molar-refractivity contribution in [1.82, 2.24) is 4.90 Å². The molecular formula is C25H30N2O2. The highest BCUT2D eigenvalue weighted by Crippen LogP contribution is 2.37. The fourth-order valence-electron chi connectivity index (χ4n) is 4.42. The predicted octanol–water partition coefficient (Wildman–Crippen LogP) is 4.83. The van der Waals surface area contributed by atoms with E-state index in [0.29, 0.717) is 5.56 Å². The number of Topliss-reactive ketones (excluding diaryl/α,β-unsaturated/α-hetero) is 1. The lowest BCUT2D eigenvalue weighted by Gasteiger charge is -2.39. The second-order valence-electron chi connectivity index (χ2n) is 8.49. The SMILES string of the molecule is CCc1c(NC(=O)C=Cc2ccccc2C(C)=O)ccc2c1CN(C)CC2(C)C. The average molecular weight is 391 g/mol. The van der Waals surface area contributed by atoms with Crippen molar-refractivity contribution in [1.29, 1.82) is 0 Å². The van der Waals surface area contributed by atoms with Gasteiger partial charge in [0.05, 0.1) is 0 Å². The Labute approximate surface area is 173 Å². The first-order chi connectivity index (χ1) is 13.7. The number of nitrogens with zero attached hydrogens (tertiary/aromatic N) is 1. The van der Waals surface area contributed by atoms with Gasteiger partial charge in [-0.05, 0) is 54.8 Å². The molecule has 0 radical (unpaired) electrons. The molecule has 0 unspecified atom stereocenters. The number of carbonyl (C=O) groups is 2. The number of rotatable bonds is 5. The molecule has 1 amide bonds. The van der Waals surface area contributed by atoms with E-state index in [2.05, 4.69) is 44.1 Å². The molecule has 0 saturated heterocycles.